The molecule has 0 fully saturated rings. The van der Waals surface area contributed by atoms with E-state index < -0.39 is 11.6 Å². The predicted molar refractivity (Wildman–Crippen MR) is 108 cm³/mol. The van der Waals surface area contributed by atoms with Crippen LogP contribution in [0.2, 0.25) is 0 Å². The molecule has 0 radical (unpaired) electrons. The maximum atomic E-state index is 12.4. The van der Waals surface area contributed by atoms with E-state index in [9.17, 15) is 13.2 Å². The van der Waals surface area contributed by atoms with E-state index in [4.69, 9.17) is 0 Å². The third kappa shape index (κ3) is 8.14. The van der Waals surface area contributed by atoms with Crippen molar-refractivity contribution in [2.45, 2.75) is 99.6 Å². The largest absolute Gasteiger partial charge is 0.393 e. The van der Waals surface area contributed by atoms with E-state index in [1.54, 1.807) is 0 Å². The van der Waals surface area contributed by atoms with Crippen molar-refractivity contribution >= 4 is 0 Å². The monoisotopic (exact) mass is 372 g/mol. The lowest BCUT2D eigenvalue weighted by atomic mass is 9.75. The van der Waals surface area contributed by atoms with E-state index >= 15 is 0 Å². The van der Waals surface area contributed by atoms with Crippen LogP contribution < -0.4 is 0 Å². The molecule has 0 spiro atoms. The number of rotatable bonds is 1. The topological polar surface area (TPSA) is 0 Å². The van der Waals surface area contributed by atoms with Crippen LogP contribution in [0.4, 0.5) is 13.2 Å². The van der Waals surface area contributed by atoms with Crippen molar-refractivity contribution in [1.82, 2.24) is 0 Å². The van der Waals surface area contributed by atoms with E-state index in [1.807, 2.05) is 20.8 Å². The molecule has 0 aliphatic carbocycles. The lowest BCUT2D eigenvalue weighted by Crippen LogP contribution is -2.35. The van der Waals surface area contributed by atoms with Gasteiger partial charge in [0.25, 0.3) is 0 Å². The summed E-state index contributed by atoms with van der Waals surface area (Å²) in [4.78, 5) is 0. The van der Waals surface area contributed by atoms with E-state index in [-0.39, 0.29) is 22.7 Å². The van der Waals surface area contributed by atoms with Gasteiger partial charge in [-0.05, 0) is 33.8 Å². The maximum Gasteiger partial charge on any atom is 0.393 e. The van der Waals surface area contributed by atoms with Crippen LogP contribution in [-0.4, -0.2) is 6.18 Å². The molecule has 0 bridgehead atoms. The van der Waals surface area contributed by atoms with Gasteiger partial charge in [-0.15, -0.1) is 0 Å². The zero-order chi connectivity index (χ0) is 21.2. The van der Waals surface area contributed by atoms with Gasteiger partial charge in [-0.25, -0.2) is 0 Å². The molecule has 0 nitrogen and oxygen atoms in total. The molecule has 0 amide bonds. The molecule has 0 aromatic heterocycles. The first-order valence-electron chi connectivity index (χ1n) is 9.35. The Morgan fingerprint density at radius 1 is 0.615 bits per heavy atom. The Kier molecular flexibility index (Phi) is 7.64. The molecule has 3 heteroatoms. The molecule has 0 atom stereocenters. The molecular weight excluding hydrogens is 333 g/mol. The fraction of sp³-hybridized carbons (Fsp3) is 0.739. The minimum Gasteiger partial charge on any atom is -0.171 e. The summed E-state index contributed by atoms with van der Waals surface area (Å²) >= 11 is 0. The van der Waals surface area contributed by atoms with Gasteiger partial charge in [-0.3, -0.25) is 0 Å². The van der Waals surface area contributed by atoms with Crippen molar-refractivity contribution in [1.29, 1.82) is 0 Å². The fourth-order valence-electron chi connectivity index (χ4n) is 3.22. The smallest absolute Gasteiger partial charge is 0.171 e. The van der Waals surface area contributed by atoms with Crippen LogP contribution in [0.1, 0.15) is 93.7 Å². The number of alkyl halides is 3. The number of hydrogen-bond donors (Lipinski definition) is 0. The average molecular weight is 373 g/mol. The maximum absolute atomic E-state index is 12.4. The average Bonchev–Trinajstić information content (AvgIpc) is 2.33. The fourth-order valence-corrected chi connectivity index (χ4v) is 3.22. The molecule has 152 valence electrons. The molecule has 0 saturated carbocycles. The van der Waals surface area contributed by atoms with Gasteiger partial charge in [0.1, 0.15) is 0 Å². The van der Waals surface area contributed by atoms with Crippen molar-refractivity contribution in [3.8, 4) is 0 Å². The summed E-state index contributed by atoms with van der Waals surface area (Å²) in [5, 5.41) is 0. The SMILES string of the molecule is CC(C)(C)CC(C)(C)C(F)(F)F.CC(C)(C)c1ccccc1C(C)(C)C. The Balaban J connectivity index is 0.000000488. The van der Waals surface area contributed by atoms with Crippen molar-refractivity contribution in [2.24, 2.45) is 10.8 Å². The summed E-state index contributed by atoms with van der Waals surface area (Å²) < 4.78 is 37.1. The molecular formula is C23H39F3. The van der Waals surface area contributed by atoms with E-state index in [2.05, 4.69) is 65.8 Å². The molecule has 1 aromatic rings. The van der Waals surface area contributed by atoms with Gasteiger partial charge in [0.15, 0.2) is 0 Å². The van der Waals surface area contributed by atoms with Gasteiger partial charge < -0.3 is 0 Å². The van der Waals surface area contributed by atoms with Gasteiger partial charge in [-0.1, -0.05) is 100 Å². The minimum atomic E-state index is -4.10. The summed E-state index contributed by atoms with van der Waals surface area (Å²) in [7, 11) is 0. The standard InChI is InChI=1S/C14H22.C9H17F3/c1-13(2,3)11-9-7-8-10-12(11)14(4,5)6;1-7(2,3)6-8(4,5)9(10,11)12/h7-10H,1-6H3;6H2,1-5H3. The molecule has 0 N–H and O–H groups in total. The number of benzene rings is 1. The van der Waals surface area contributed by atoms with Crippen LogP contribution in [-0.2, 0) is 10.8 Å². The van der Waals surface area contributed by atoms with Crippen LogP contribution in [0.3, 0.4) is 0 Å². The first-order valence-corrected chi connectivity index (χ1v) is 9.35. The Morgan fingerprint density at radius 3 is 1.08 bits per heavy atom. The molecule has 0 heterocycles. The van der Waals surface area contributed by atoms with Gasteiger partial charge in [0.2, 0.25) is 0 Å². The van der Waals surface area contributed by atoms with Crippen molar-refractivity contribution in [3.05, 3.63) is 35.4 Å². The summed E-state index contributed by atoms with van der Waals surface area (Å²) in [6, 6.07) is 8.77. The summed E-state index contributed by atoms with van der Waals surface area (Å²) in [6.45, 7) is 21.6. The van der Waals surface area contributed by atoms with Crippen LogP contribution >= 0.6 is 0 Å². The van der Waals surface area contributed by atoms with Crippen LogP contribution in [0.15, 0.2) is 24.3 Å². The van der Waals surface area contributed by atoms with Crippen LogP contribution in [0.25, 0.3) is 0 Å². The molecule has 26 heavy (non-hydrogen) atoms. The number of hydrogen-bond acceptors (Lipinski definition) is 0. The molecule has 0 unspecified atom stereocenters. The highest BCUT2D eigenvalue weighted by molar-refractivity contribution is 5.37. The Morgan fingerprint density at radius 2 is 0.923 bits per heavy atom. The lowest BCUT2D eigenvalue weighted by Gasteiger charge is -2.34. The Labute approximate surface area is 159 Å². The summed E-state index contributed by atoms with van der Waals surface area (Å²) in [6.07, 6.45) is -3.94. The molecule has 1 rings (SSSR count). The zero-order valence-electron chi connectivity index (χ0n) is 18.7. The highest BCUT2D eigenvalue weighted by Crippen LogP contribution is 2.45. The first-order chi connectivity index (χ1) is 11.2. The second-order valence-electron chi connectivity index (χ2n) is 11.2. The Bertz CT molecular complexity index is 526. The van der Waals surface area contributed by atoms with Gasteiger partial charge >= 0.3 is 6.18 Å². The normalized spacial score (nSPS) is 13.9. The van der Waals surface area contributed by atoms with Crippen molar-refractivity contribution in [3.63, 3.8) is 0 Å². The quantitative estimate of drug-likeness (QED) is 0.465. The van der Waals surface area contributed by atoms with E-state index in [1.165, 1.54) is 25.0 Å². The number of halogens is 3. The second-order valence-corrected chi connectivity index (χ2v) is 11.2. The zero-order valence-corrected chi connectivity index (χ0v) is 18.7. The highest BCUT2D eigenvalue weighted by atomic mass is 19.4. The highest BCUT2D eigenvalue weighted by Gasteiger charge is 2.48. The molecule has 0 aliphatic rings. The summed E-state index contributed by atoms with van der Waals surface area (Å²) in [5.41, 5.74) is 1.55. The molecule has 1 aromatic carbocycles. The Hall–Kier alpha value is -0.990. The van der Waals surface area contributed by atoms with Gasteiger partial charge in [-0.2, -0.15) is 13.2 Å². The lowest BCUT2D eigenvalue weighted by molar-refractivity contribution is -0.220. The van der Waals surface area contributed by atoms with Gasteiger partial charge in [0.05, 0.1) is 5.41 Å². The second kappa shape index (κ2) is 7.94. The summed E-state index contributed by atoms with van der Waals surface area (Å²) in [5.74, 6) is 0. The van der Waals surface area contributed by atoms with E-state index in [0.717, 1.165) is 0 Å². The van der Waals surface area contributed by atoms with Gasteiger partial charge in [0, 0.05) is 0 Å². The van der Waals surface area contributed by atoms with Crippen molar-refractivity contribution in [2.75, 3.05) is 0 Å². The van der Waals surface area contributed by atoms with E-state index in [0.29, 0.717) is 0 Å². The molecule has 0 saturated heterocycles. The molecule has 0 aliphatic heterocycles. The van der Waals surface area contributed by atoms with Crippen molar-refractivity contribution < 1.29 is 13.2 Å². The third-order valence-corrected chi connectivity index (χ3v) is 4.28. The van der Waals surface area contributed by atoms with Crippen LogP contribution in [0, 0.1) is 10.8 Å². The van der Waals surface area contributed by atoms with Crippen LogP contribution in [0.5, 0.6) is 0 Å². The first kappa shape index (κ1) is 25.0. The minimum absolute atomic E-state index is 0.156. The third-order valence-electron chi connectivity index (χ3n) is 4.28. The predicted octanol–water partition coefficient (Wildman–Crippen LogP) is 8.29.